The van der Waals surface area contributed by atoms with Gasteiger partial charge in [0.1, 0.15) is 0 Å². The van der Waals surface area contributed by atoms with E-state index in [0.29, 0.717) is 18.4 Å². The third kappa shape index (κ3) is 8.27. The Kier molecular flexibility index (Phi) is 9.35. The Labute approximate surface area is 145 Å². The molecule has 0 aliphatic carbocycles. The largest absolute Gasteiger partial charge is 0.429 e. The summed E-state index contributed by atoms with van der Waals surface area (Å²) in [6.07, 6.45) is 11.8. The molecule has 0 fully saturated rings. The number of allylic oxidation sites excluding steroid dienone is 5. The van der Waals surface area contributed by atoms with Crippen molar-refractivity contribution >= 4 is 5.97 Å². The third-order valence-electron chi connectivity index (χ3n) is 3.97. The van der Waals surface area contributed by atoms with E-state index >= 15 is 0 Å². The average molecular weight is 334 g/mol. The summed E-state index contributed by atoms with van der Waals surface area (Å²) in [5, 5.41) is 18.9. The van der Waals surface area contributed by atoms with Crippen molar-refractivity contribution in [3.8, 4) is 0 Å². The first-order valence-corrected chi connectivity index (χ1v) is 8.59. The van der Waals surface area contributed by atoms with Gasteiger partial charge in [0, 0.05) is 11.6 Å². The molecule has 1 aliphatic rings. The summed E-state index contributed by atoms with van der Waals surface area (Å²) >= 11 is 0. The molecular weight excluding hydrogens is 304 g/mol. The normalized spacial score (nSPS) is 18.5. The van der Waals surface area contributed by atoms with Crippen LogP contribution in [-0.4, -0.2) is 29.1 Å². The highest BCUT2D eigenvalue weighted by atomic mass is 16.6. The number of carbonyl (C=O) groups is 1. The zero-order valence-corrected chi connectivity index (χ0v) is 15.0. The fourth-order valence-electron chi connectivity index (χ4n) is 2.52. The fraction of sp³-hybridized carbons (Fsp3) is 0.550. The number of esters is 1. The van der Waals surface area contributed by atoms with Gasteiger partial charge in [0.15, 0.2) is 0 Å². The van der Waals surface area contributed by atoms with E-state index < -0.39 is 12.3 Å². The monoisotopic (exact) mass is 334 g/mol. The molecule has 4 heteroatoms. The number of ether oxygens (including phenoxy) is 1. The highest BCUT2D eigenvalue weighted by molar-refractivity contribution is 5.85. The van der Waals surface area contributed by atoms with E-state index in [-0.39, 0.29) is 6.61 Å². The van der Waals surface area contributed by atoms with Crippen molar-refractivity contribution in [2.24, 2.45) is 0 Å². The zero-order valence-electron chi connectivity index (χ0n) is 15.0. The maximum atomic E-state index is 11.0. The van der Waals surface area contributed by atoms with E-state index in [2.05, 4.69) is 37.7 Å². The van der Waals surface area contributed by atoms with Crippen LogP contribution < -0.4 is 0 Å². The molecule has 2 N–H and O–H groups in total. The van der Waals surface area contributed by atoms with Crippen LogP contribution in [-0.2, 0) is 9.53 Å². The number of aliphatic hydroxyl groups is 2. The Morgan fingerprint density at radius 3 is 2.42 bits per heavy atom. The summed E-state index contributed by atoms with van der Waals surface area (Å²) in [4.78, 5) is 11.0. The van der Waals surface area contributed by atoms with Gasteiger partial charge in [-0.3, -0.25) is 0 Å². The highest BCUT2D eigenvalue weighted by Gasteiger charge is 2.22. The highest BCUT2D eigenvalue weighted by Crippen LogP contribution is 2.19. The second kappa shape index (κ2) is 11.0. The second-order valence-corrected chi connectivity index (χ2v) is 6.48. The minimum atomic E-state index is -1.10. The molecule has 1 unspecified atom stereocenters. The summed E-state index contributed by atoms with van der Waals surface area (Å²) in [7, 11) is 0. The molecule has 134 valence electrons. The van der Waals surface area contributed by atoms with E-state index in [4.69, 9.17) is 0 Å². The van der Waals surface area contributed by atoms with E-state index in [1.165, 1.54) is 17.2 Å². The SMILES string of the molecule is CC(C)=CCCC(C)=CCCC(=CCCC1=CC(=O)OC1O)CO. The number of aliphatic hydroxyl groups excluding tert-OH is 2. The lowest BCUT2D eigenvalue weighted by Gasteiger charge is -2.07. The first kappa shape index (κ1) is 20.4. The molecule has 0 aromatic rings. The lowest BCUT2D eigenvalue weighted by molar-refractivity contribution is -0.151. The number of rotatable bonds is 10. The van der Waals surface area contributed by atoms with Crippen LogP contribution in [0.2, 0.25) is 0 Å². The molecule has 1 heterocycles. The molecule has 0 bridgehead atoms. The third-order valence-corrected chi connectivity index (χ3v) is 3.97. The Hall–Kier alpha value is -1.65. The maximum absolute atomic E-state index is 11.0. The van der Waals surface area contributed by atoms with Crippen LogP contribution in [0.5, 0.6) is 0 Å². The van der Waals surface area contributed by atoms with E-state index in [1.54, 1.807) is 0 Å². The summed E-state index contributed by atoms with van der Waals surface area (Å²) in [5.41, 5.74) is 4.31. The molecule has 0 aromatic carbocycles. The summed E-state index contributed by atoms with van der Waals surface area (Å²) < 4.78 is 4.64. The summed E-state index contributed by atoms with van der Waals surface area (Å²) in [6.45, 7) is 6.41. The van der Waals surface area contributed by atoms with Crippen molar-refractivity contribution in [3.05, 3.63) is 46.6 Å². The van der Waals surface area contributed by atoms with Crippen molar-refractivity contribution in [1.29, 1.82) is 0 Å². The van der Waals surface area contributed by atoms with Gasteiger partial charge < -0.3 is 14.9 Å². The molecule has 4 nitrogen and oxygen atoms in total. The van der Waals surface area contributed by atoms with Gasteiger partial charge in [0.05, 0.1) is 6.61 Å². The Morgan fingerprint density at radius 2 is 1.83 bits per heavy atom. The zero-order chi connectivity index (χ0) is 17.9. The van der Waals surface area contributed by atoms with Crippen molar-refractivity contribution in [3.63, 3.8) is 0 Å². The first-order chi connectivity index (χ1) is 11.4. The van der Waals surface area contributed by atoms with Gasteiger partial charge in [0.25, 0.3) is 0 Å². The molecule has 24 heavy (non-hydrogen) atoms. The van der Waals surface area contributed by atoms with Crippen molar-refractivity contribution in [2.45, 2.75) is 65.6 Å². The van der Waals surface area contributed by atoms with E-state index in [1.807, 2.05) is 6.08 Å². The van der Waals surface area contributed by atoms with Crippen LogP contribution in [0.3, 0.4) is 0 Å². The lowest BCUT2D eigenvalue weighted by Crippen LogP contribution is -2.09. The Morgan fingerprint density at radius 1 is 1.12 bits per heavy atom. The maximum Gasteiger partial charge on any atom is 0.333 e. The van der Waals surface area contributed by atoms with Gasteiger partial charge in [-0.1, -0.05) is 29.4 Å². The quantitative estimate of drug-likeness (QED) is 0.469. The van der Waals surface area contributed by atoms with Crippen LogP contribution in [0.15, 0.2) is 46.6 Å². The van der Waals surface area contributed by atoms with Crippen molar-refractivity contribution in [1.82, 2.24) is 0 Å². The van der Waals surface area contributed by atoms with Gasteiger partial charge in [-0.05, 0) is 64.9 Å². The summed E-state index contributed by atoms with van der Waals surface area (Å²) in [5.74, 6) is -0.488. The molecule has 0 aromatic heterocycles. The predicted molar refractivity (Wildman–Crippen MR) is 96.2 cm³/mol. The fourth-order valence-corrected chi connectivity index (χ4v) is 2.52. The Balaban J connectivity index is 2.34. The Bertz CT molecular complexity index is 534. The molecule has 0 amide bonds. The van der Waals surface area contributed by atoms with Gasteiger partial charge in [-0.15, -0.1) is 0 Å². The molecule has 1 aliphatic heterocycles. The van der Waals surface area contributed by atoms with Crippen LogP contribution in [0, 0.1) is 0 Å². The van der Waals surface area contributed by atoms with Gasteiger partial charge in [-0.2, -0.15) is 0 Å². The summed E-state index contributed by atoms with van der Waals surface area (Å²) in [6, 6.07) is 0. The standard InChI is InChI=1S/C20H30O4/c1-15(2)7-4-8-16(3)9-5-10-17(14-21)11-6-12-18-13-19(22)24-20(18)23/h7,9,11,13,20-21,23H,4-6,8,10,12,14H2,1-3H3. The molecule has 0 radical (unpaired) electrons. The van der Waals surface area contributed by atoms with Gasteiger partial charge in [-0.25, -0.2) is 4.79 Å². The van der Waals surface area contributed by atoms with Crippen LogP contribution >= 0.6 is 0 Å². The number of hydrogen-bond donors (Lipinski definition) is 2. The second-order valence-electron chi connectivity index (χ2n) is 6.48. The smallest absolute Gasteiger partial charge is 0.333 e. The number of carbonyl (C=O) groups excluding carboxylic acids is 1. The van der Waals surface area contributed by atoms with Crippen LogP contribution in [0.4, 0.5) is 0 Å². The lowest BCUT2D eigenvalue weighted by atomic mass is 10.0. The van der Waals surface area contributed by atoms with Crippen molar-refractivity contribution < 1.29 is 19.7 Å². The van der Waals surface area contributed by atoms with Crippen LogP contribution in [0.1, 0.15) is 59.3 Å². The van der Waals surface area contributed by atoms with Gasteiger partial charge in [0.2, 0.25) is 6.29 Å². The number of hydrogen-bond acceptors (Lipinski definition) is 4. The molecule has 1 atom stereocenters. The predicted octanol–water partition coefficient (Wildman–Crippen LogP) is 3.96. The average Bonchev–Trinajstić information content (AvgIpc) is 2.83. The van der Waals surface area contributed by atoms with Crippen molar-refractivity contribution in [2.75, 3.05) is 6.61 Å². The molecule has 1 rings (SSSR count). The molecule has 0 saturated carbocycles. The minimum Gasteiger partial charge on any atom is -0.429 e. The van der Waals surface area contributed by atoms with E-state index in [9.17, 15) is 15.0 Å². The van der Waals surface area contributed by atoms with Gasteiger partial charge >= 0.3 is 5.97 Å². The minimum absolute atomic E-state index is 0.0433. The molecule has 0 saturated heterocycles. The molecular formula is C20H30O4. The first-order valence-electron chi connectivity index (χ1n) is 8.59. The van der Waals surface area contributed by atoms with Crippen LogP contribution in [0.25, 0.3) is 0 Å². The number of cyclic esters (lactones) is 1. The topological polar surface area (TPSA) is 66.8 Å². The molecule has 0 spiro atoms. The van der Waals surface area contributed by atoms with E-state index in [0.717, 1.165) is 31.3 Å².